The SMILES string of the molecule is COC(=O)[C@H](C)NC(=O)[C@@H](NC(=O)[C@H](C)NC(=O)C(C)(C)C)C(C)C. The molecular weight excluding hydrogens is 326 g/mol. The van der Waals surface area contributed by atoms with Crippen LogP contribution in [0.4, 0.5) is 0 Å². The fourth-order valence-electron chi connectivity index (χ4n) is 1.83. The smallest absolute Gasteiger partial charge is 0.328 e. The molecule has 0 aromatic heterocycles. The van der Waals surface area contributed by atoms with E-state index in [1.807, 2.05) is 0 Å². The van der Waals surface area contributed by atoms with Gasteiger partial charge in [-0.1, -0.05) is 34.6 Å². The number of rotatable bonds is 7. The molecule has 8 heteroatoms. The Bertz CT molecular complexity index is 511. The van der Waals surface area contributed by atoms with Crippen molar-refractivity contribution in [2.24, 2.45) is 11.3 Å². The molecule has 25 heavy (non-hydrogen) atoms. The van der Waals surface area contributed by atoms with Gasteiger partial charge in [-0.25, -0.2) is 4.79 Å². The summed E-state index contributed by atoms with van der Waals surface area (Å²) < 4.78 is 4.56. The molecule has 0 bridgehead atoms. The minimum Gasteiger partial charge on any atom is -0.467 e. The third-order valence-corrected chi connectivity index (χ3v) is 3.58. The summed E-state index contributed by atoms with van der Waals surface area (Å²) in [7, 11) is 1.23. The summed E-state index contributed by atoms with van der Waals surface area (Å²) in [5, 5.41) is 7.74. The number of nitrogens with one attached hydrogen (secondary N) is 3. The molecule has 0 rings (SSSR count). The third kappa shape index (κ3) is 7.53. The zero-order valence-electron chi connectivity index (χ0n) is 16.4. The van der Waals surface area contributed by atoms with Gasteiger partial charge in [-0.05, 0) is 19.8 Å². The summed E-state index contributed by atoms with van der Waals surface area (Å²) >= 11 is 0. The van der Waals surface area contributed by atoms with Crippen LogP contribution in [-0.4, -0.2) is 48.9 Å². The lowest BCUT2D eigenvalue weighted by molar-refractivity contribution is -0.145. The standard InChI is InChI=1S/C17H31N3O5/c1-9(2)12(14(22)18-11(4)15(23)25-8)20-13(21)10(3)19-16(24)17(5,6)7/h9-12H,1-8H3,(H,18,22)(H,19,24)(H,20,21)/t10-,11-,12-/m0/s1. The molecule has 3 amide bonds. The van der Waals surface area contributed by atoms with Gasteiger partial charge in [0.05, 0.1) is 7.11 Å². The van der Waals surface area contributed by atoms with Crippen LogP contribution in [0.5, 0.6) is 0 Å². The van der Waals surface area contributed by atoms with E-state index in [0.717, 1.165) is 0 Å². The maximum atomic E-state index is 12.3. The van der Waals surface area contributed by atoms with Crippen molar-refractivity contribution in [1.82, 2.24) is 16.0 Å². The van der Waals surface area contributed by atoms with E-state index in [-0.39, 0.29) is 11.8 Å². The average Bonchev–Trinajstić information content (AvgIpc) is 2.49. The van der Waals surface area contributed by atoms with Crippen LogP contribution in [-0.2, 0) is 23.9 Å². The van der Waals surface area contributed by atoms with Crippen LogP contribution in [0.2, 0.25) is 0 Å². The molecule has 0 aromatic rings. The largest absolute Gasteiger partial charge is 0.467 e. The van der Waals surface area contributed by atoms with E-state index in [0.29, 0.717) is 0 Å². The molecule has 0 aliphatic rings. The molecule has 0 fully saturated rings. The van der Waals surface area contributed by atoms with Crippen molar-refractivity contribution in [2.45, 2.75) is 66.6 Å². The zero-order valence-corrected chi connectivity index (χ0v) is 16.4. The molecule has 0 aliphatic carbocycles. The predicted molar refractivity (Wildman–Crippen MR) is 93.4 cm³/mol. The van der Waals surface area contributed by atoms with Crippen molar-refractivity contribution < 1.29 is 23.9 Å². The topological polar surface area (TPSA) is 114 Å². The Kier molecular flexibility index (Phi) is 8.59. The number of ether oxygens (including phenoxy) is 1. The van der Waals surface area contributed by atoms with Gasteiger partial charge in [0, 0.05) is 5.41 Å². The number of esters is 1. The van der Waals surface area contributed by atoms with E-state index in [1.165, 1.54) is 14.0 Å². The highest BCUT2D eigenvalue weighted by atomic mass is 16.5. The number of methoxy groups -OCH3 is 1. The number of carbonyl (C=O) groups is 4. The minimum atomic E-state index is -0.839. The van der Waals surface area contributed by atoms with Crippen molar-refractivity contribution >= 4 is 23.7 Å². The predicted octanol–water partition coefficient (Wildman–Crippen LogP) is 0.356. The molecule has 0 aliphatic heterocycles. The van der Waals surface area contributed by atoms with Crippen molar-refractivity contribution in [3.63, 3.8) is 0 Å². The van der Waals surface area contributed by atoms with Crippen LogP contribution in [0.25, 0.3) is 0 Å². The van der Waals surface area contributed by atoms with Gasteiger partial charge < -0.3 is 20.7 Å². The highest BCUT2D eigenvalue weighted by molar-refractivity contribution is 5.94. The highest BCUT2D eigenvalue weighted by Gasteiger charge is 2.30. The molecule has 0 spiro atoms. The van der Waals surface area contributed by atoms with Gasteiger partial charge >= 0.3 is 5.97 Å². The number of hydrogen-bond acceptors (Lipinski definition) is 5. The molecule has 0 unspecified atom stereocenters. The molecule has 0 aromatic carbocycles. The molecule has 0 saturated carbocycles. The highest BCUT2D eigenvalue weighted by Crippen LogP contribution is 2.13. The molecule has 3 N–H and O–H groups in total. The summed E-state index contributed by atoms with van der Waals surface area (Å²) in [4.78, 5) is 48.0. The second-order valence-electron chi connectivity index (χ2n) is 7.43. The van der Waals surface area contributed by atoms with Crippen LogP contribution in [0.1, 0.15) is 48.5 Å². The van der Waals surface area contributed by atoms with Crippen molar-refractivity contribution in [3.05, 3.63) is 0 Å². The third-order valence-electron chi connectivity index (χ3n) is 3.58. The zero-order chi connectivity index (χ0) is 19.9. The summed E-state index contributed by atoms with van der Waals surface area (Å²) in [5.74, 6) is -2.01. The van der Waals surface area contributed by atoms with Crippen molar-refractivity contribution in [1.29, 1.82) is 0 Å². The van der Waals surface area contributed by atoms with Crippen LogP contribution in [0.15, 0.2) is 0 Å². The molecule has 3 atom stereocenters. The van der Waals surface area contributed by atoms with Crippen molar-refractivity contribution in [2.75, 3.05) is 7.11 Å². The van der Waals surface area contributed by atoms with E-state index in [1.54, 1.807) is 41.5 Å². The van der Waals surface area contributed by atoms with Gasteiger partial charge in [-0.3, -0.25) is 14.4 Å². The van der Waals surface area contributed by atoms with Gasteiger partial charge in [0.25, 0.3) is 0 Å². The number of amides is 3. The molecule has 0 saturated heterocycles. The van der Waals surface area contributed by atoms with Gasteiger partial charge in [0.1, 0.15) is 18.1 Å². The van der Waals surface area contributed by atoms with Gasteiger partial charge in [-0.15, -0.1) is 0 Å². The molecular formula is C17H31N3O5. The molecule has 144 valence electrons. The lowest BCUT2D eigenvalue weighted by atomic mass is 9.95. The number of hydrogen-bond donors (Lipinski definition) is 3. The molecule has 0 radical (unpaired) electrons. The second kappa shape index (κ2) is 9.39. The first-order chi connectivity index (χ1) is 11.3. The first-order valence-corrected chi connectivity index (χ1v) is 8.30. The Balaban J connectivity index is 4.90. The van der Waals surface area contributed by atoms with Crippen LogP contribution >= 0.6 is 0 Å². The fourth-order valence-corrected chi connectivity index (χ4v) is 1.83. The van der Waals surface area contributed by atoms with E-state index in [4.69, 9.17) is 0 Å². The first-order valence-electron chi connectivity index (χ1n) is 8.30. The lowest BCUT2D eigenvalue weighted by Crippen LogP contribution is -2.57. The van der Waals surface area contributed by atoms with Gasteiger partial charge in [0.2, 0.25) is 17.7 Å². The Morgan fingerprint density at radius 2 is 1.32 bits per heavy atom. The quantitative estimate of drug-likeness (QED) is 0.569. The van der Waals surface area contributed by atoms with E-state index in [2.05, 4.69) is 20.7 Å². The Hall–Kier alpha value is -2.12. The lowest BCUT2D eigenvalue weighted by Gasteiger charge is -2.26. The van der Waals surface area contributed by atoms with Crippen LogP contribution < -0.4 is 16.0 Å². The van der Waals surface area contributed by atoms with E-state index >= 15 is 0 Å². The normalized spacial score (nSPS) is 14.9. The summed E-state index contributed by atoms with van der Waals surface area (Å²) in [5.41, 5.74) is -0.626. The maximum Gasteiger partial charge on any atom is 0.328 e. The Morgan fingerprint density at radius 3 is 1.72 bits per heavy atom. The summed E-state index contributed by atoms with van der Waals surface area (Å²) in [6.07, 6.45) is 0. The monoisotopic (exact) mass is 357 g/mol. The second-order valence-corrected chi connectivity index (χ2v) is 7.43. The van der Waals surface area contributed by atoms with Crippen LogP contribution in [0, 0.1) is 11.3 Å². The van der Waals surface area contributed by atoms with Gasteiger partial charge in [-0.2, -0.15) is 0 Å². The Morgan fingerprint density at radius 1 is 0.800 bits per heavy atom. The summed E-state index contributed by atoms with van der Waals surface area (Å²) in [6, 6.07) is -2.46. The number of carbonyl (C=O) groups excluding carboxylic acids is 4. The van der Waals surface area contributed by atoms with Gasteiger partial charge in [0.15, 0.2) is 0 Å². The summed E-state index contributed by atoms with van der Waals surface area (Å²) in [6.45, 7) is 11.8. The molecule has 8 nitrogen and oxygen atoms in total. The van der Waals surface area contributed by atoms with E-state index in [9.17, 15) is 19.2 Å². The average molecular weight is 357 g/mol. The fraction of sp³-hybridized carbons (Fsp3) is 0.765. The maximum absolute atomic E-state index is 12.3. The minimum absolute atomic E-state index is 0.209. The van der Waals surface area contributed by atoms with Crippen LogP contribution in [0.3, 0.4) is 0 Å². The Labute approximate surface area is 149 Å². The first kappa shape index (κ1) is 22.9. The van der Waals surface area contributed by atoms with E-state index < -0.39 is 41.3 Å². The molecule has 0 heterocycles. The van der Waals surface area contributed by atoms with Crippen molar-refractivity contribution in [3.8, 4) is 0 Å².